The van der Waals surface area contributed by atoms with Gasteiger partial charge in [0.25, 0.3) is 0 Å². The van der Waals surface area contributed by atoms with E-state index in [4.69, 9.17) is 9.47 Å². The van der Waals surface area contributed by atoms with E-state index in [2.05, 4.69) is 4.98 Å². The number of esters is 1. The molecule has 1 aliphatic carbocycles. The number of benzene rings is 1. The van der Waals surface area contributed by atoms with Gasteiger partial charge in [-0.15, -0.1) is 0 Å². The smallest absolute Gasteiger partial charge is 0.313 e. The Kier molecular flexibility index (Phi) is 5.41. The minimum Gasteiger partial charge on any atom is -0.486 e. The van der Waals surface area contributed by atoms with Crippen LogP contribution in [0.2, 0.25) is 0 Å². The van der Waals surface area contributed by atoms with Crippen LogP contribution < -0.4 is 4.74 Å². The van der Waals surface area contributed by atoms with Crippen molar-refractivity contribution < 1.29 is 19.1 Å². The number of aromatic amines is 1. The van der Waals surface area contributed by atoms with Crippen molar-refractivity contribution in [3.05, 3.63) is 30.0 Å². The Hall–Kier alpha value is -2.30. The first-order valence-electron chi connectivity index (χ1n) is 8.89. The molecule has 1 aromatic carbocycles. The van der Waals surface area contributed by atoms with Crippen molar-refractivity contribution in [3.63, 3.8) is 0 Å². The van der Waals surface area contributed by atoms with Crippen LogP contribution in [0.25, 0.3) is 10.9 Å². The summed E-state index contributed by atoms with van der Waals surface area (Å²) in [5, 5.41) is 1.00. The van der Waals surface area contributed by atoms with Crippen LogP contribution in [0.4, 0.5) is 0 Å². The molecule has 1 aromatic heterocycles. The molecular weight excluding hydrogens is 318 g/mol. The largest absolute Gasteiger partial charge is 0.486 e. The number of Topliss-reactive ketones (excluding diaryl/α,β-unsaturated/α-hetero) is 1. The summed E-state index contributed by atoms with van der Waals surface area (Å²) < 4.78 is 10.5. The summed E-state index contributed by atoms with van der Waals surface area (Å²) in [6, 6.07) is 5.65. The number of fused-ring (bicyclic) bond motifs is 1. The van der Waals surface area contributed by atoms with Crippen molar-refractivity contribution in [2.75, 3.05) is 13.7 Å². The highest BCUT2D eigenvalue weighted by molar-refractivity contribution is 5.90. The molecule has 3 rings (SSSR count). The Morgan fingerprint density at radius 3 is 2.72 bits per heavy atom. The van der Waals surface area contributed by atoms with Crippen LogP contribution >= 0.6 is 0 Å². The van der Waals surface area contributed by atoms with E-state index in [-0.39, 0.29) is 24.3 Å². The minimum absolute atomic E-state index is 0.0189. The standard InChI is InChI=1S/C20H25NO4/c1-13(22)12-25-15-7-8-16-18(11-21-19(16)10-15)17(20(23)24-2)9-14-5-3-4-6-14/h7-8,10-11,14,17,21H,3-6,9,12H2,1-2H3. The first-order chi connectivity index (χ1) is 12.1. The van der Waals surface area contributed by atoms with Crippen molar-refractivity contribution in [3.8, 4) is 5.75 Å². The molecule has 0 bridgehead atoms. The van der Waals surface area contributed by atoms with Gasteiger partial charge in [-0.1, -0.05) is 25.7 Å². The molecule has 1 saturated carbocycles. The van der Waals surface area contributed by atoms with E-state index in [1.165, 1.54) is 39.7 Å². The molecule has 25 heavy (non-hydrogen) atoms. The molecule has 1 unspecified atom stereocenters. The third-order valence-corrected chi connectivity index (χ3v) is 5.03. The third-order valence-electron chi connectivity index (χ3n) is 5.03. The van der Waals surface area contributed by atoms with Gasteiger partial charge in [0.1, 0.15) is 12.4 Å². The molecular formula is C20H25NO4. The summed E-state index contributed by atoms with van der Waals surface area (Å²) >= 11 is 0. The lowest BCUT2D eigenvalue weighted by Gasteiger charge is -2.18. The number of hydrogen-bond acceptors (Lipinski definition) is 4. The van der Waals surface area contributed by atoms with E-state index in [1.807, 2.05) is 24.4 Å². The molecule has 1 aliphatic rings. The van der Waals surface area contributed by atoms with Gasteiger partial charge < -0.3 is 14.5 Å². The molecule has 1 atom stereocenters. The average Bonchev–Trinajstić information content (AvgIpc) is 3.26. The fourth-order valence-electron chi connectivity index (χ4n) is 3.76. The summed E-state index contributed by atoms with van der Waals surface area (Å²) in [4.78, 5) is 26.7. The first-order valence-corrected chi connectivity index (χ1v) is 8.89. The Balaban J connectivity index is 1.86. The topological polar surface area (TPSA) is 68.4 Å². The van der Waals surface area contributed by atoms with E-state index in [9.17, 15) is 9.59 Å². The van der Waals surface area contributed by atoms with Crippen LogP contribution in [0, 0.1) is 5.92 Å². The Labute approximate surface area is 147 Å². The van der Waals surface area contributed by atoms with Gasteiger partial charge in [0.05, 0.1) is 13.0 Å². The summed E-state index contributed by atoms with van der Waals surface area (Å²) in [6.07, 6.45) is 7.63. The van der Waals surface area contributed by atoms with Crippen molar-refractivity contribution in [1.29, 1.82) is 0 Å². The average molecular weight is 343 g/mol. The molecule has 1 heterocycles. The fourth-order valence-corrected chi connectivity index (χ4v) is 3.76. The highest BCUT2D eigenvalue weighted by atomic mass is 16.5. The second kappa shape index (κ2) is 7.72. The number of methoxy groups -OCH3 is 1. The number of nitrogens with one attached hydrogen (secondary N) is 1. The highest BCUT2D eigenvalue weighted by Crippen LogP contribution is 2.37. The van der Waals surface area contributed by atoms with E-state index >= 15 is 0 Å². The minimum atomic E-state index is -0.245. The molecule has 134 valence electrons. The van der Waals surface area contributed by atoms with Gasteiger partial charge in [-0.3, -0.25) is 9.59 Å². The molecule has 0 saturated heterocycles. The summed E-state index contributed by atoms with van der Waals surface area (Å²) in [7, 11) is 1.45. The van der Waals surface area contributed by atoms with Gasteiger partial charge in [-0.2, -0.15) is 0 Å². The van der Waals surface area contributed by atoms with Gasteiger partial charge in [0.15, 0.2) is 5.78 Å². The molecule has 0 radical (unpaired) electrons. The lowest BCUT2D eigenvalue weighted by molar-refractivity contribution is -0.142. The number of H-pyrrole nitrogens is 1. The maximum Gasteiger partial charge on any atom is 0.313 e. The maximum atomic E-state index is 12.4. The second-order valence-corrected chi connectivity index (χ2v) is 6.90. The molecule has 0 amide bonds. The number of rotatable bonds is 7. The molecule has 0 aliphatic heterocycles. The summed E-state index contributed by atoms with van der Waals surface area (Å²) in [6.45, 7) is 1.56. The van der Waals surface area contributed by atoms with Crippen LogP contribution in [0.5, 0.6) is 5.75 Å². The van der Waals surface area contributed by atoms with Crippen molar-refractivity contribution >= 4 is 22.7 Å². The molecule has 5 nitrogen and oxygen atoms in total. The number of hydrogen-bond donors (Lipinski definition) is 1. The Morgan fingerprint density at radius 2 is 2.04 bits per heavy atom. The normalized spacial score (nSPS) is 16.1. The second-order valence-electron chi connectivity index (χ2n) is 6.90. The van der Waals surface area contributed by atoms with Crippen LogP contribution in [0.3, 0.4) is 0 Å². The SMILES string of the molecule is COC(=O)C(CC1CCCC1)c1c[nH]c2cc(OCC(C)=O)ccc12. The zero-order valence-electron chi connectivity index (χ0n) is 14.8. The van der Waals surface area contributed by atoms with Crippen molar-refractivity contribution in [2.24, 2.45) is 5.92 Å². The molecule has 1 N–H and O–H groups in total. The highest BCUT2D eigenvalue weighted by Gasteiger charge is 2.29. The van der Waals surface area contributed by atoms with Crippen LogP contribution in [0.1, 0.15) is 50.5 Å². The van der Waals surface area contributed by atoms with Gasteiger partial charge in [0, 0.05) is 23.2 Å². The summed E-state index contributed by atoms with van der Waals surface area (Å²) in [5.74, 6) is 0.791. The molecule has 5 heteroatoms. The molecule has 2 aromatic rings. The lowest BCUT2D eigenvalue weighted by Crippen LogP contribution is -2.17. The molecule has 0 spiro atoms. The predicted molar refractivity (Wildman–Crippen MR) is 95.8 cm³/mol. The number of ketones is 1. The van der Waals surface area contributed by atoms with Crippen LogP contribution in [-0.2, 0) is 14.3 Å². The van der Waals surface area contributed by atoms with Gasteiger partial charge in [0.2, 0.25) is 0 Å². The van der Waals surface area contributed by atoms with E-state index in [1.54, 1.807) is 0 Å². The number of ether oxygens (including phenoxy) is 2. The zero-order chi connectivity index (χ0) is 17.8. The maximum absolute atomic E-state index is 12.4. The van der Waals surface area contributed by atoms with E-state index in [0.717, 1.165) is 22.9 Å². The van der Waals surface area contributed by atoms with Gasteiger partial charge in [-0.05, 0) is 37.0 Å². The Morgan fingerprint density at radius 1 is 1.28 bits per heavy atom. The van der Waals surface area contributed by atoms with Crippen LogP contribution in [-0.4, -0.2) is 30.5 Å². The zero-order valence-corrected chi connectivity index (χ0v) is 14.8. The Bertz CT molecular complexity index is 758. The van der Waals surface area contributed by atoms with E-state index in [0.29, 0.717) is 11.7 Å². The van der Waals surface area contributed by atoms with Crippen molar-refractivity contribution in [2.45, 2.75) is 44.9 Å². The number of aromatic nitrogens is 1. The number of carbonyl (C=O) groups is 2. The van der Waals surface area contributed by atoms with Gasteiger partial charge in [-0.25, -0.2) is 0 Å². The predicted octanol–water partition coefficient (Wildman–Crippen LogP) is 3.97. The fraction of sp³-hybridized carbons (Fsp3) is 0.500. The van der Waals surface area contributed by atoms with Crippen molar-refractivity contribution in [1.82, 2.24) is 4.98 Å². The summed E-state index contributed by atoms with van der Waals surface area (Å²) in [5.41, 5.74) is 1.88. The van der Waals surface area contributed by atoms with E-state index < -0.39 is 0 Å². The van der Waals surface area contributed by atoms with Crippen LogP contribution in [0.15, 0.2) is 24.4 Å². The van der Waals surface area contributed by atoms with Gasteiger partial charge >= 0.3 is 5.97 Å². The molecule has 1 fully saturated rings. The lowest BCUT2D eigenvalue weighted by atomic mass is 9.87. The first kappa shape index (κ1) is 17.5. The monoisotopic (exact) mass is 343 g/mol. The third kappa shape index (κ3) is 4.03. The number of carbonyl (C=O) groups excluding carboxylic acids is 2. The quantitative estimate of drug-likeness (QED) is 0.772.